The number of piperidine rings is 1. The predicted molar refractivity (Wildman–Crippen MR) is 130 cm³/mol. The summed E-state index contributed by atoms with van der Waals surface area (Å²) in [7, 11) is 1.63. The highest BCUT2D eigenvalue weighted by Gasteiger charge is 2.54. The molecule has 0 radical (unpaired) electrons. The second kappa shape index (κ2) is 8.22. The molecule has 2 saturated heterocycles. The predicted octanol–water partition coefficient (Wildman–Crippen LogP) is 3.03. The SMILES string of the molecule is CN1C(=O)NC(=O)C12Cc1ccc(NC(=O)CN3C(=O)C(C)(C)CC[C@H]3c3ccccc3)cc1C2. The number of fused-ring (bicyclic) bond motifs is 1. The third-order valence-electron chi connectivity index (χ3n) is 7.80. The first-order chi connectivity index (χ1) is 16.6. The lowest BCUT2D eigenvalue weighted by atomic mass is 9.78. The van der Waals surface area contributed by atoms with Gasteiger partial charge in [-0.2, -0.15) is 0 Å². The van der Waals surface area contributed by atoms with Crippen molar-refractivity contribution in [1.82, 2.24) is 15.1 Å². The van der Waals surface area contributed by atoms with Gasteiger partial charge in [0.05, 0.1) is 6.04 Å². The van der Waals surface area contributed by atoms with Crippen LogP contribution in [0.3, 0.4) is 0 Å². The molecular formula is C27H30N4O4. The third-order valence-corrected chi connectivity index (χ3v) is 7.80. The van der Waals surface area contributed by atoms with Crippen LogP contribution in [0.5, 0.6) is 0 Å². The molecule has 3 aliphatic rings. The van der Waals surface area contributed by atoms with Crippen LogP contribution >= 0.6 is 0 Å². The average molecular weight is 475 g/mol. The molecule has 8 nitrogen and oxygen atoms in total. The molecule has 2 heterocycles. The van der Waals surface area contributed by atoms with Crippen LogP contribution in [0.25, 0.3) is 0 Å². The van der Waals surface area contributed by atoms with Crippen LogP contribution in [0.2, 0.25) is 0 Å². The second-order valence-electron chi connectivity index (χ2n) is 10.5. The standard InChI is InChI=1S/C27H30N4O4/c1-26(2)12-11-21(17-7-5-4-6-8-17)31(24(26)34)16-22(32)28-20-10-9-18-14-27(15-19(18)13-20)23(33)29-25(35)30(27)3/h4-10,13,21H,11-12,14-16H2,1-3H3,(H,28,32)(H,29,33,35)/t21-,27?/m0/s1. The Labute approximate surface area is 204 Å². The van der Waals surface area contributed by atoms with E-state index in [1.165, 1.54) is 4.90 Å². The van der Waals surface area contributed by atoms with Crippen LogP contribution in [0.4, 0.5) is 10.5 Å². The quantitative estimate of drug-likeness (QED) is 0.666. The van der Waals surface area contributed by atoms with E-state index in [1.807, 2.05) is 56.3 Å². The lowest BCUT2D eigenvalue weighted by Crippen LogP contribution is -2.50. The van der Waals surface area contributed by atoms with Gasteiger partial charge in [0.2, 0.25) is 11.8 Å². The summed E-state index contributed by atoms with van der Waals surface area (Å²) < 4.78 is 0. The number of carbonyl (C=O) groups is 4. The molecule has 2 atom stereocenters. The van der Waals surface area contributed by atoms with Gasteiger partial charge >= 0.3 is 6.03 Å². The Hall–Kier alpha value is -3.68. The molecule has 35 heavy (non-hydrogen) atoms. The molecule has 182 valence electrons. The molecule has 0 bridgehead atoms. The fourth-order valence-corrected chi connectivity index (χ4v) is 5.62. The van der Waals surface area contributed by atoms with Gasteiger partial charge in [-0.3, -0.25) is 19.7 Å². The van der Waals surface area contributed by atoms with Crippen LogP contribution in [-0.4, -0.2) is 52.7 Å². The van der Waals surface area contributed by atoms with Crippen molar-refractivity contribution < 1.29 is 19.2 Å². The van der Waals surface area contributed by atoms with Crippen LogP contribution in [-0.2, 0) is 27.2 Å². The van der Waals surface area contributed by atoms with Crippen molar-refractivity contribution in [1.29, 1.82) is 0 Å². The van der Waals surface area contributed by atoms with E-state index in [9.17, 15) is 19.2 Å². The molecule has 5 rings (SSSR count). The highest BCUT2D eigenvalue weighted by atomic mass is 16.2. The van der Waals surface area contributed by atoms with Gasteiger partial charge in [-0.15, -0.1) is 0 Å². The van der Waals surface area contributed by atoms with Gasteiger partial charge in [-0.05, 0) is 41.7 Å². The number of carbonyl (C=O) groups excluding carboxylic acids is 4. The van der Waals surface area contributed by atoms with Crippen LogP contribution in [0.15, 0.2) is 48.5 Å². The van der Waals surface area contributed by atoms with Crippen LogP contribution in [0, 0.1) is 5.41 Å². The second-order valence-corrected chi connectivity index (χ2v) is 10.5. The Balaban J connectivity index is 1.32. The summed E-state index contributed by atoms with van der Waals surface area (Å²) in [5.74, 6) is -0.580. The Morgan fingerprint density at radius 2 is 1.77 bits per heavy atom. The smallest absolute Gasteiger partial charge is 0.324 e. The number of hydrogen-bond acceptors (Lipinski definition) is 4. The number of urea groups is 1. The van der Waals surface area contributed by atoms with Crippen molar-refractivity contribution in [2.24, 2.45) is 5.41 Å². The molecule has 0 saturated carbocycles. The van der Waals surface area contributed by atoms with Crippen LogP contribution in [0.1, 0.15) is 49.4 Å². The zero-order valence-corrected chi connectivity index (χ0v) is 20.3. The number of benzene rings is 2. The number of imide groups is 1. The monoisotopic (exact) mass is 474 g/mol. The fraction of sp³-hybridized carbons (Fsp3) is 0.407. The van der Waals surface area contributed by atoms with E-state index >= 15 is 0 Å². The summed E-state index contributed by atoms with van der Waals surface area (Å²) in [5, 5.41) is 5.33. The van der Waals surface area contributed by atoms with E-state index in [0.717, 1.165) is 29.5 Å². The molecule has 1 aliphatic carbocycles. The van der Waals surface area contributed by atoms with Crippen LogP contribution < -0.4 is 10.6 Å². The Morgan fingerprint density at radius 3 is 2.46 bits per heavy atom. The first-order valence-corrected chi connectivity index (χ1v) is 12.0. The highest BCUT2D eigenvalue weighted by molar-refractivity contribution is 6.07. The number of rotatable bonds is 4. The van der Waals surface area contributed by atoms with Gasteiger partial charge in [0.1, 0.15) is 12.1 Å². The van der Waals surface area contributed by atoms with Gasteiger partial charge in [-0.1, -0.05) is 50.2 Å². The first kappa shape index (κ1) is 23.1. The maximum atomic E-state index is 13.3. The molecule has 8 heteroatoms. The minimum absolute atomic E-state index is 0.0244. The number of anilines is 1. The lowest BCUT2D eigenvalue weighted by molar-refractivity contribution is -0.150. The summed E-state index contributed by atoms with van der Waals surface area (Å²) in [6.07, 6.45) is 2.40. The molecule has 1 spiro atoms. The van der Waals surface area contributed by atoms with E-state index in [4.69, 9.17) is 0 Å². The molecule has 2 aromatic rings. The number of likely N-dealkylation sites (tertiary alicyclic amines) is 1. The zero-order chi connectivity index (χ0) is 25.0. The van der Waals surface area contributed by atoms with E-state index in [1.54, 1.807) is 18.0 Å². The van der Waals surface area contributed by atoms with Crippen molar-refractivity contribution in [3.63, 3.8) is 0 Å². The minimum Gasteiger partial charge on any atom is -0.326 e. The van der Waals surface area contributed by atoms with E-state index < -0.39 is 17.0 Å². The topological polar surface area (TPSA) is 98.8 Å². The van der Waals surface area contributed by atoms with Gasteiger partial charge in [0, 0.05) is 31.0 Å². The maximum absolute atomic E-state index is 13.3. The molecule has 2 N–H and O–H groups in total. The van der Waals surface area contributed by atoms with Gasteiger partial charge in [0.15, 0.2) is 0 Å². The van der Waals surface area contributed by atoms with E-state index in [0.29, 0.717) is 18.5 Å². The summed E-state index contributed by atoms with van der Waals surface area (Å²) in [4.78, 5) is 54.1. The van der Waals surface area contributed by atoms with Gasteiger partial charge in [0.25, 0.3) is 5.91 Å². The van der Waals surface area contributed by atoms with Crippen molar-refractivity contribution in [2.75, 3.05) is 18.9 Å². The summed E-state index contributed by atoms with van der Waals surface area (Å²) in [6, 6.07) is 14.9. The minimum atomic E-state index is -0.906. The number of nitrogens with zero attached hydrogens (tertiary/aromatic N) is 2. The molecule has 2 aromatic carbocycles. The molecule has 2 aliphatic heterocycles. The third kappa shape index (κ3) is 3.87. The maximum Gasteiger partial charge on any atom is 0.324 e. The van der Waals surface area contributed by atoms with Crippen molar-refractivity contribution >= 4 is 29.4 Å². The lowest BCUT2D eigenvalue weighted by Gasteiger charge is -2.43. The Bertz CT molecular complexity index is 1220. The Kier molecular flexibility index (Phi) is 5.42. The first-order valence-electron chi connectivity index (χ1n) is 12.0. The highest BCUT2D eigenvalue weighted by Crippen LogP contribution is 2.41. The van der Waals surface area contributed by atoms with Crippen molar-refractivity contribution in [3.05, 3.63) is 65.2 Å². The average Bonchev–Trinajstić information content (AvgIpc) is 3.30. The number of amides is 5. The number of nitrogens with one attached hydrogen (secondary N) is 2. The number of likely N-dealkylation sites (N-methyl/N-ethyl adjacent to an activating group) is 1. The largest absolute Gasteiger partial charge is 0.326 e. The molecular weight excluding hydrogens is 444 g/mol. The molecule has 5 amide bonds. The number of hydrogen-bond donors (Lipinski definition) is 2. The normalized spacial score (nSPS) is 25.1. The zero-order valence-electron chi connectivity index (χ0n) is 20.3. The summed E-state index contributed by atoms with van der Waals surface area (Å²) in [5.41, 5.74) is 2.13. The Morgan fingerprint density at radius 1 is 1.06 bits per heavy atom. The van der Waals surface area contributed by atoms with Gasteiger partial charge in [-0.25, -0.2) is 4.79 Å². The van der Waals surface area contributed by atoms with Crippen molar-refractivity contribution in [3.8, 4) is 0 Å². The molecule has 2 fully saturated rings. The fourth-order valence-electron chi connectivity index (χ4n) is 5.62. The summed E-state index contributed by atoms with van der Waals surface area (Å²) in [6.45, 7) is 3.82. The van der Waals surface area contributed by atoms with E-state index in [2.05, 4.69) is 10.6 Å². The van der Waals surface area contributed by atoms with E-state index in [-0.39, 0.29) is 30.3 Å². The summed E-state index contributed by atoms with van der Waals surface area (Å²) >= 11 is 0. The van der Waals surface area contributed by atoms with Gasteiger partial charge < -0.3 is 15.1 Å². The van der Waals surface area contributed by atoms with Crippen molar-refractivity contribution in [2.45, 2.75) is 51.1 Å². The molecule has 0 aromatic heterocycles. The molecule has 1 unspecified atom stereocenters.